The number of piperidine rings is 1. The highest BCUT2D eigenvalue weighted by atomic mass is 35.5. The van der Waals surface area contributed by atoms with Crippen LogP contribution in [-0.2, 0) is 46.5 Å². The molecule has 2 aromatic rings. The highest BCUT2D eigenvalue weighted by molar-refractivity contribution is 6.35. The van der Waals surface area contributed by atoms with E-state index in [4.69, 9.17) is 42.1 Å². The Bertz CT molecular complexity index is 1320. The topological polar surface area (TPSA) is 103 Å². The number of halogens is 2. The summed E-state index contributed by atoms with van der Waals surface area (Å²) in [6.45, 7) is 3.36. The van der Waals surface area contributed by atoms with E-state index in [9.17, 15) is 14.4 Å². The summed E-state index contributed by atoms with van der Waals surface area (Å²) in [5, 5.41) is 3.68. The van der Waals surface area contributed by atoms with Gasteiger partial charge in [0.05, 0.1) is 33.0 Å². The number of benzene rings is 2. The Morgan fingerprint density at radius 3 is 2.60 bits per heavy atom. The van der Waals surface area contributed by atoms with E-state index in [1.165, 1.54) is 7.11 Å². The van der Waals surface area contributed by atoms with Crippen molar-refractivity contribution in [2.45, 2.75) is 51.5 Å². The molecule has 1 N–H and O–H groups in total. The molecule has 232 valence electrons. The molecule has 1 fully saturated rings. The molecule has 9 nitrogen and oxygen atoms in total. The standard InChI is InChI=1S/C32H38Cl2N2O7/c1-21-32(31(39)41-3)17-24(14-29(37)35-12-7-13-40-2)30(38)36(18-23-10-11-25(33)15-27(23)34)28(32)16-26(43-21)20-42-19-22-8-5-4-6-9-22/h4-6,8-11,15-16,21,24,26H,7,12-14,17-20H2,1-3H3,(H,35,37)/t21-,24+,26-,32+/m1/s1. The molecule has 0 saturated carbocycles. The van der Waals surface area contributed by atoms with Crippen LogP contribution >= 0.6 is 23.2 Å². The molecule has 4 rings (SSSR count). The maximum Gasteiger partial charge on any atom is 0.320 e. The van der Waals surface area contributed by atoms with Gasteiger partial charge in [-0.15, -0.1) is 0 Å². The quantitative estimate of drug-likeness (QED) is 0.247. The van der Waals surface area contributed by atoms with E-state index >= 15 is 0 Å². The number of nitrogens with one attached hydrogen (secondary N) is 1. The Morgan fingerprint density at radius 1 is 1.14 bits per heavy atom. The van der Waals surface area contributed by atoms with Gasteiger partial charge in [0, 0.05) is 48.3 Å². The third-order valence-electron chi connectivity index (χ3n) is 7.91. The zero-order valence-corrected chi connectivity index (χ0v) is 26.2. The number of fused-ring (bicyclic) bond motifs is 1. The summed E-state index contributed by atoms with van der Waals surface area (Å²) in [5.74, 6) is -1.92. The van der Waals surface area contributed by atoms with Crippen molar-refractivity contribution in [1.29, 1.82) is 0 Å². The Balaban J connectivity index is 1.67. The van der Waals surface area contributed by atoms with Crippen LogP contribution in [0.2, 0.25) is 10.0 Å². The molecule has 2 amide bonds. The summed E-state index contributed by atoms with van der Waals surface area (Å²) in [5.41, 5.74) is 0.774. The zero-order chi connectivity index (χ0) is 31.0. The van der Waals surface area contributed by atoms with E-state index in [-0.39, 0.29) is 37.8 Å². The van der Waals surface area contributed by atoms with Crippen LogP contribution in [-0.4, -0.2) is 68.9 Å². The first-order valence-corrected chi connectivity index (χ1v) is 15.0. The van der Waals surface area contributed by atoms with Crippen LogP contribution in [0.1, 0.15) is 37.3 Å². The first kappa shape index (κ1) is 33.0. The molecule has 43 heavy (non-hydrogen) atoms. The van der Waals surface area contributed by atoms with Crippen molar-refractivity contribution in [2.75, 3.05) is 34.0 Å². The van der Waals surface area contributed by atoms with E-state index in [0.717, 1.165) is 5.56 Å². The lowest BCUT2D eigenvalue weighted by atomic mass is 9.66. The third-order valence-corrected chi connectivity index (χ3v) is 8.50. The number of hydrogen-bond donors (Lipinski definition) is 1. The molecule has 4 atom stereocenters. The zero-order valence-electron chi connectivity index (χ0n) is 24.6. The molecule has 2 aliphatic heterocycles. The van der Waals surface area contributed by atoms with Gasteiger partial charge in [0.2, 0.25) is 11.8 Å². The smallest absolute Gasteiger partial charge is 0.320 e. The number of nitrogens with zero attached hydrogens (tertiary/aromatic N) is 1. The lowest BCUT2D eigenvalue weighted by Crippen LogP contribution is -2.60. The maximum atomic E-state index is 14.1. The fourth-order valence-corrected chi connectivity index (χ4v) is 6.21. The number of esters is 1. The van der Waals surface area contributed by atoms with E-state index in [1.54, 1.807) is 43.2 Å². The molecule has 0 spiro atoms. The lowest BCUT2D eigenvalue weighted by Gasteiger charge is -2.51. The number of carbonyl (C=O) groups is 3. The van der Waals surface area contributed by atoms with Crippen LogP contribution in [0.15, 0.2) is 60.3 Å². The molecule has 0 aliphatic carbocycles. The van der Waals surface area contributed by atoms with Crippen molar-refractivity contribution in [3.63, 3.8) is 0 Å². The highest BCUT2D eigenvalue weighted by Gasteiger charge is 2.59. The summed E-state index contributed by atoms with van der Waals surface area (Å²) in [6.07, 6.45) is 1.14. The minimum absolute atomic E-state index is 0.0550. The number of methoxy groups -OCH3 is 2. The predicted octanol–water partition coefficient (Wildman–Crippen LogP) is 4.93. The first-order chi connectivity index (χ1) is 20.7. The lowest BCUT2D eigenvalue weighted by molar-refractivity contribution is -0.178. The molecular weight excluding hydrogens is 595 g/mol. The number of ether oxygens (including phenoxy) is 4. The largest absolute Gasteiger partial charge is 0.468 e. The maximum absolute atomic E-state index is 14.1. The van der Waals surface area contributed by atoms with E-state index < -0.39 is 29.5 Å². The molecule has 0 bridgehead atoms. The van der Waals surface area contributed by atoms with E-state index in [1.807, 2.05) is 30.3 Å². The molecule has 1 saturated heterocycles. The summed E-state index contributed by atoms with van der Waals surface area (Å²) >= 11 is 12.7. The van der Waals surface area contributed by atoms with Gasteiger partial charge in [0.1, 0.15) is 11.5 Å². The Hall–Kier alpha value is -2.95. The van der Waals surface area contributed by atoms with E-state index in [2.05, 4.69) is 5.32 Å². The van der Waals surface area contributed by atoms with Crippen molar-refractivity contribution in [3.05, 3.63) is 81.5 Å². The minimum atomic E-state index is -1.33. The van der Waals surface area contributed by atoms with Gasteiger partial charge in [0.15, 0.2) is 0 Å². The van der Waals surface area contributed by atoms with Crippen LogP contribution in [0, 0.1) is 11.3 Å². The average molecular weight is 634 g/mol. The second-order valence-corrected chi connectivity index (χ2v) is 11.6. The van der Waals surface area contributed by atoms with Crippen molar-refractivity contribution in [2.24, 2.45) is 11.3 Å². The first-order valence-electron chi connectivity index (χ1n) is 14.3. The molecule has 2 aliphatic rings. The van der Waals surface area contributed by atoms with Gasteiger partial charge in [0.25, 0.3) is 0 Å². The molecule has 0 unspecified atom stereocenters. The van der Waals surface area contributed by atoms with Crippen molar-refractivity contribution < 1.29 is 33.3 Å². The van der Waals surface area contributed by atoms with Gasteiger partial charge in [-0.1, -0.05) is 59.6 Å². The van der Waals surface area contributed by atoms with Gasteiger partial charge in [-0.3, -0.25) is 14.4 Å². The van der Waals surface area contributed by atoms with Gasteiger partial charge in [-0.05, 0) is 49.1 Å². The van der Waals surface area contributed by atoms with E-state index in [0.29, 0.717) is 47.5 Å². The molecule has 2 aromatic carbocycles. The summed E-state index contributed by atoms with van der Waals surface area (Å²) in [4.78, 5) is 42.2. The second-order valence-electron chi connectivity index (χ2n) is 10.8. The molecule has 11 heteroatoms. The fourth-order valence-electron chi connectivity index (χ4n) is 5.74. The van der Waals surface area contributed by atoms with Crippen LogP contribution in [0.4, 0.5) is 0 Å². The number of rotatable bonds is 13. The molecule has 2 heterocycles. The van der Waals surface area contributed by atoms with Gasteiger partial charge in [-0.2, -0.15) is 0 Å². The Morgan fingerprint density at radius 2 is 1.91 bits per heavy atom. The van der Waals surface area contributed by atoms with Crippen LogP contribution in [0.5, 0.6) is 0 Å². The number of likely N-dealkylation sites (tertiary alicyclic amines) is 1. The fraction of sp³-hybridized carbons (Fsp3) is 0.469. The number of hydrogen-bond acceptors (Lipinski definition) is 7. The van der Waals surface area contributed by atoms with Crippen molar-refractivity contribution in [3.8, 4) is 0 Å². The van der Waals surface area contributed by atoms with Crippen molar-refractivity contribution in [1.82, 2.24) is 10.2 Å². The predicted molar refractivity (Wildman–Crippen MR) is 162 cm³/mol. The Kier molecular flexibility index (Phi) is 11.6. The normalized spacial score (nSPS) is 23.4. The van der Waals surface area contributed by atoms with Gasteiger partial charge < -0.3 is 29.2 Å². The molecular formula is C32H38Cl2N2O7. The molecule has 0 aromatic heterocycles. The minimum Gasteiger partial charge on any atom is -0.468 e. The molecule has 0 radical (unpaired) electrons. The summed E-state index contributed by atoms with van der Waals surface area (Å²) in [6, 6.07) is 14.8. The average Bonchev–Trinajstić information content (AvgIpc) is 2.99. The van der Waals surface area contributed by atoms with Crippen LogP contribution in [0.3, 0.4) is 0 Å². The summed E-state index contributed by atoms with van der Waals surface area (Å²) in [7, 11) is 2.90. The Labute approximate surface area is 262 Å². The number of amides is 2. The third kappa shape index (κ3) is 7.77. The van der Waals surface area contributed by atoms with Crippen LogP contribution < -0.4 is 5.32 Å². The monoisotopic (exact) mass is 632 g/mol. The highest BCUT2D eigenvalue weighted by Crippen LogP contribution is 2.51. The SMILES string of the molecule is COCCCNC(=O)C[C@H]1C[C@@]2(C(=O)OC)C(=C[C@H](COCc3ccccc3)O[C@@H]2C)N(Cc2ccc(Cl)cc2Cl)C1=O. The van der Waals surface area contributed by atoms with Gasteiger partial charge >= 0.3 is 5.97 Å². The summed E-state index contributed by atoms with van der Waals surface area (Å²) < 4.78 is 22.7. The van der Waals surface area contributed by atoms with Gasteiger partial charge in [-0.25, -0.2) is 0 Å². The van der Waals surface area contributed by atoms with Crippen molar-refractivity contribution >= 4 is 41.0 Å². The number of carbonyl (C=O) groups excluding carboxylic acids is 3. The second kappa shape index (κ2) is 15.2. The van der Waals surface area contributed by atoms with Crippen LogP contribution in [0.25, 0.3) is 0 Å².